The molecule has 1 aromatic carbocycles. The van der Waals surface area contributed by atoms with Crippen LogP contribution in [0.15, 0.2) is 35.4 Å². The molecule has 1 aliphatic heterocycles. The molecule has 0 radical (unpaired) electrons. The number of nitrogens with zero attached hydrogens (tertiary/aromatic N) is 3. The predicted octanol–water partition coefficient (Wildman–Crippen LogP) is 4.16. The molecule has 32 heavy (non-hydrogen) atoms. The lowest BCUT2D eigenvalue weighted by Gasteiger charge is -2.26. The Bertz CT molecular complexity index is 1280. The number of rotatable bonds is 5. The first-order valence-corrected chi connectivity index (χ1v) is 12.4. The van der Waals surface area contributed by atoms with Crippen LogP contribution in [0.5, 0.6) is 0 Å². The number of nitrogens with one attached hydrogen (secondary N) is 1. The fourth-order valence-corrected chi connectivity index (χ4v) is 5.82. The van der Waals surface area contributed by atoms with E-state index in [0.29, 0.717) is 21.3 Å². The lowest BCUT2D eigenvalue weighted by atomic mass is 10.1. The molecule has 1 aliphatic rings. The van der Waals surface area contributed by atoms with E-state index in [9.17, 15) is 22.0 Å². The van der Waals surface area contributed by atoms with Gasteiger partial charge in [-0.25, -0.2) is 22.2 Å². The number of anilines is 1. The summed E-state index contributed by atoms with van der Waals surface area (Å²) >= 11 is 1.23. The molecule has 0 atom stereocenters. The summed E-state index contributed by atoms with van der Waals surface area (Å²) in [6, 6.07) is 4.21. The molecule has 0 saturated carbocycles. The van der Waals surface area contributed by atoms with Gasteiger partial charge in [-0.1, -0.05) is 0 Å². The summed E-state index contributed by atoms with van der Waals surface area (Å²) in [6.45, 7) is 3.23. The minimum absolute atomic E-state index is 0.0481. The van der Waals surface area contributed by atoms with Crippen molar-refractivity contribution in [3.05, 3.63) is 52.7 Å². The third-order valence-electron chi connectivity index (χ3n) is 5.32. The van der Waals surface area contributed by atoms with E-state index in [2.05, 4.69) is 9.71 Å². The second-order valence-corrected chi connectivity index (χ2v) is 10.4. The lowest BCUT2D eigenvalue weighted by Crippen LogP contribution is -2.35. The SMILES string of the molecule is Cc1nc(-c2cc(S(=O)(=O)Nc3ccc(F)c(F)c3)cn2C)sc1C(=O)N1CCCCC1. The van der Waals surface area contributed by atoms with E-state index in [1.165, 1.54) is 23.6 Å². The van der Waals surface area contributed by atoms with Crippen LogP contribution in [0.1, 0.15) is 34.6 Å². The molecule has 1 amide bonds. The molecule has 0 bridgehead atoms. The highest BCUT2D eigenvalue weighted by atomic mass is 32.2. The number of halogens is 2. The maximum absolute atomic E-state index is 13.4. The van der Waals surface area contributed by atoms with Crippen LogP contribution >= 0.6 is 11.3 Å². The Balaban J connectivity index is 1.60. The Hall–Kier alpha value is -2.79. The molecule has 7 nitrogen and oxygen atoms in total. The second kappa shape index (κ2) is 8.62. The quantitative estimate of drug-likeness (QED) is 0.594. The smallest absolute Gasteiger partial charge is 0.265 e. The van der Waals surface area contributed by atoms with Crippen molar-refractivity contribution in [2.24, 2.45) is 7.05 Å². The fraction of sp³-hybridized carbons (Fsp3) is 0.333. The number of thiazole rings is 1. The van der Waals surface area contributed by atoms with Crippen LogP contribution < -0.4 is 4.72 Å². The number of carbonyl (C=O) groups excluding carboxylic acids is 1. The minimum atomic E-state index is -4.05. The fourth-order valence-electron chi connectivity index (χ4n) is 3.61. The molecule has 0 unspecified atom stereocenters. The Morgan fingerprint density at radius 2 is 1.84 bits per heavy atom. The van der Waals surface area contributed by atoms with Crippen LogP contribution in [-0.4, -0.2) is 41.9 Å². The summed E-state index contributed by atoms with van der Waals surface area (Å²) in [4.78, 5) is 19.7. The third kappa shape index (κ3) is 4.40. The van der Waals surface area contributed by atoms with Gasteiger partial charge in [0.2, 0.25) is 0 Å². The highest BCUT2D eigenvalue weighted by molar-refractivity contribution is 7.92. The third-order valence-corrected chi connectivity index (χ3v) is 7.83. The topological polar surface area (TPSA) is 84.3 Å². The number of hydrogen-bond donors (Lipinski definition) is 1. The van der Waals surface area contributed by atoms with Gasteiger partial charge in [0, 0.05) is 32.4 Å². The summed E-state index contributed by atoms with van der Waals surface area (Å²) in [7, 11) is -2.37. The van der Waals surface area contributed by atoms with E-state index in [1.54, 1.807) is 18.5 Å². The van der Waals surface area contributed by atoms with E-state index >= 15 is 0 Å². The maximum Gasteiger partial charge on any atom is 0.265 e. The summed E-state index contributed by atoms with van der Waals surface area (Å²) in [5, 5.41) is 0.527. The first-order valence-electron chi connectivity index (χ1n) is 10.1. The van der Waals surface area contributed by atoms with Crippen LogP contribution in [0.4, 0.5) is 14.5 Å². The zero-order valence-corrected chi connectivity index (χ0v) is 19.2. The highest BCUT2D eigenvalue weighted by Crippen LogP contribution is 2.32. The highest BCUT2D eigenvalue weighted by Gasteiger charge is 2.25. The van der Waals surface area contributed by atoms with Crippen molar-refractivity contribution in [1.29, 1.82) is 0 Å². The molecule has 11 heteroatoms. The molecule has 4 rings (SSSR count). The van der Waals surface area contributed by atoms with Gasteiger partial charge in [-0.05, 0) is 44.4 Å². The van der Waals surface area contributed by atoms with E-state index in [4.69, 9.17) is 0 Å². The van der Waals surface area contributed by atoms with E-state index in [1.807, 2.05) is 4.90 Å². The summed E-state index contributed by atoms with van der Waals surface area (Å²) in [5.41, 5.74) is 1.04. The van der Waals surface area contributed by atoms with Gasteiger partial charge in [0.25, 0.3) is 15.9 Å². The monoisotopic (exact) mass is 480 g/mol. The van der Waals surface area contributed by atoms with Gasteiger partial charge in [0.15, 0.2) is 11.6 Å². The van der Waals surface area contributed by atoms with Crippen molar-refractivity contribution in [2.75, 3.05) is 17.8 Å². The zero-order chi connectivity index (χ0) is 23.0. The lowest BCUT2D eigenvalue weighted by molar-refractivity contribution is 0.0728. The number of likely N-dealkylation sites (tertiary alicyclic amines) is 1. The Morgan fingerprint density at radius 1 is 1.12 bits per heavy atom. The minimum Gasteiger partial charge on any atom is -0.347 e. The first-order chi connectivity index (χ1) is 15.2. The van der Waals surface area contributed by atoms with Crippen LogP contribution in [0.25, 0.3) is 10.7 Å². The molecule has 3 heterocycles. The van der Waals surface area contributed by atoms with Crippen LogP contribution in [0.2, 0.25) is 0 Å². The Kier molecular flexibility index (Phi) is 6.04. The number of sulfonamides is 1. The molecule has 0 spiro atoms. The van der Waals surface area contributed by atoms with Gasteiger partial charge in [0.05, 0.1) is 17.1 Å². The normalized spacial score (nSPS) is 14.6. The number of carbonyl (C=O) groups is 1. The standard InChI is InChI=1S/C21H22F2N4O3S2/c1-13-19(21(28)27-8-4-3-5-9-27)31-20(24-13)18-11-15(12-26(18)2)32(29,30)25-14-6-7-16(22)17(23)10-14/h6-7,10-12,25H,3-5,8-9H2,1-2H3. The van der Waals surface area contributed by atoms with Crippen molar-refractivity contribution in [3.63, 3.8) is 0 Å². The van der Waals surface area contributed by atoms with Gasteiger partial charge in [-0.15, -0.1) is 11.3 Å². The maximum atomic E-state index is 13.4. The first kappa shape index (κ1) is 22.4. The molecule has 0 aliphatic carbocycles. The van der Waals surface area contributed by atoms with Crippen molar-refractivity contribution >= 4 is 33.0 Å². The van der Waals surface area contributed by atoms with Crippen molar-refractivity contribution in [3.8, 4) is 10.7 Å². The molecular weight excluding hydrogens is 458 g/mol. The van der Waals surface area contributed by atoms with E-state index in [-0.39, 0.29) is 16.5 Å². The second-order valence-electron chi connectivity index (χ2n) is 7.69. The van der Waals surface area contributed by atoms with Gasteiger partial charge >= 0.3 is 0 Å². The number of piperidine rings is 1. The molecule has 170 valence electrons. The number of aryl methyl sites for hydroxylation is 2. The largest absolute Gasteiger partial charge is 0.347 e. The molecule has 1 N–H and O–H groups in total. The molecule has 1 fully saturated rings. The summed E-state index contributed by atoms with van der Waals surface area (Å²) in [5.74, 6) is -2.26. The number of hydrogen-bond acceptors (Lipinski definition) is 5. The number of benzene rings is 1. The Morgan fingerprint density at radius 3 is 2.53 bits per heavy atom. The molecule has 1 saturated heterocycles. The number of aromatic nitrogens is 2. The average Bonchev–Trinajstić information content (AvgIpc) is 3.33. The Labute approximate surface area is 188 Å². The summed E-state index contributed by atoms with van der Waals surface area (Å²) in [6.07, 6.45) is 4.50. The molecule has 3 aromatic rings. The van der Waals surface area contributed by atoms with E-state index in [0.717, 1.165) is 50.6 Å². The van der Waals surface area contributed by atoms with Crippen molar-refractivity contribution in [1.82, 2.24) is 14.5 Å². The average molecular weight is 481 g/mol. The van der Waals surface area contributed by atoms with Crippen molar-refractivity contribution < 1.29 is 22.0 Å². The van der Waals surface area contributed by atoms with Crippen LogP contribution in [0.3, 0.4) is 0 Å². The number of amides is 1. The molecule has 2 aromatic heterocycles. The van der Waals surface area contributed by atoms with E-state index < -0.39 is 21.7 Å². The predicted molar refractivity (Wildman–Crippen MR) is 118 cm³/mol. The van der Waals surface area contributed by atoms with Crippen LogP contribution in [-0.2, 0) is 17.1 Å². The van der Waals surface area contributed by atoms with Gasteiger partial charge in [-0.2, -0.15) is 0 Å². The van der Waals surface area contributed by atoms with Gasteiger partial charge in [-0.3, -0.25) is 9.52 Å². The zero-order valence-electron chi connectivity index (χ0n) is 17.6. The van der Waals surface area contributed by atoms with Gasteiger partial charge < -0.3 is 9.47 Å². The molecular formula is C21H22F2N4O3S2. The van der Waals surface area contributed by atoms with Crippen LogP contribution in [0, 0.1) is 18.6 Å². The summed E-state index contributed by atoms with van der Waals surface area (Å²) < 4.78 is 55.9. The van der Waals surface area contributed by atoms with Gasteiger partial charge in [0.1, 0.15) is 14.8 Å². The van der Waals surface area contributed by atoms with Crippen molar-refractivity contribution in [2.45, 2.75) is 31.1 Å².